The van der Waals surface area contributed by atoms with E-state index in [1.54, 1.807) is 5.51 Å². The number of hydrogen-bond acceptors (Lipinski definition) is 4. The molecular weight excluding hydrogens is 234 g/mol. The average Bonchev–Trinajstić information content (AvgIpc) is 2.95. The van der Waals surface area contributed by atoms with Crippen LogP contribution >= 0.6 is 11.3 Å². The Morgan fingerprint density at radius 2 is 2.29 bits per heavy atom. The highest BCUT2D eigenvalue weighted by atomic mass is 32.1. The van der Waals surface area contributed by atoms with Crippen LogP contribution in [0.25, 0.3) is 0 Å². The molecule has 1 aromatic heterocycles. The number of aryl methyl sites for hydroxylation is 1. The van der Waals surface area contributed by atoms with Gasteiger partial charge in [0.2, 0.25) is 0 Å². The number of amides is 1. The summed E-state index contributed by atoms with van der Waals surface area (Å²) in [6, 6.07) is 0.426. The summed E-state index contributed by atoms with van der Waals surface area (Å²) < 4.78 is 0. The van der Waals surface area contributed by atoms with Crippen LogP contribution in [0.1, 0.15) is 35.1 Å². The van der Waals surface area contributed by atoms with Crippen LogP contribution in [0.3, 0.4) is 0 Å². The lowest BCUT2D eigenvalue weighted by atomic mass is 10.3. The normalized spacial score (nSPS) is 18.2. The molecule has 0 bridgehead atoms. The number of thiazole rings is 1. The molecule has 1 aromatic rings. The van der Waals surface area contributed by atoms with Crippen LogP contribution in [0.4, 0.5) is 0 Å². The summed E-state index contributed by atoms with van der Waals surface area (Å²) in [6.45, 7) is 7.09. The summed E-state index contributed by atoms with van der Waals surface area (Å²) in [6.07, 6.45) is 2.57. The third-order valence-corrected chi connectivity index (χ3v) is 4.20. The Morgan fingerprint density at radius 3 is 2.88 bits per heavy atom. The molecule has 0 saturated carbocycles. The summed E-state index contributed by atoms with van der Waals surface area (Å²) in [4.78, 5) is 19.1. The molecule has 0 unspecified atom stereocenters. The SMILES string of the molecule is Cc1ncsc1C(=O)NC[C@@H](C)N1CCCC1. The fraction of sp³-hybridized carbons (Fsp3) is 0.667. The van der Waals surface area contributed by atoms with Crippen molar-refractivity contribution in [2.75, 3.05) is 19.6 Å². The smallest absolute Gasteiger partial charge is 0.263 e. The molecule has 1 fully saturated rings. The Kier molecular flexibility index (Phi) is 4.12. The van der Waals surface area contributed by atoms with Crippen LogP contribution < -0.4 is 5.32 Å². The molecule has 1 aliphatic heterocycles. The largest absolute Gasteiger partial charge is 0.350 e. The van der Waals surface area contributed by atoms with E-state index >= 15 is 0 Å². The van der Waals surface area contributed by atoms with Crippen LogP contribution in [0.2, 0.25) is 0 Å². The number of aromatic nitrogens is 1. The Bertz CT molecular complexity index is 385. The van der Waals surface area contributed by atoms with Crippen molar-refractivity contribution in [3.8, 4) is 0 Å². The molecule has 1 atom stereocenters. The van der Waals surface area contributed by atoms with Gasteiger partial charge in [-0.3, -0.25) is 9.69 Å². The predicted molar refractivity (Wildman–Crippen MR) is 69.5 cm³/mol. The molecule has 1 aliphatic rings. The first-order chi connectivity index (χ1) is 8.18. The van der Waals surface area contributed by atoms with Gasteiger partial charge in [-0.05, 0) is 39.8 Å². The van der Waals surface area contributed by atoms with E-state index in [1.807, 2.05) is 6.92 Å². The topological polar surface area (TPSA) is 45.2 Å². The van der Waals surface area contributed by atoms with Gasteiger partial charge in [-0.1, -0.05) is 0 Å². The molecule has 0 radical (unpaired) electrons. The van der Waals surface area contributed by atoms with E-state index < -0.39 is 0 Å². The molecule has 94 valence electrons. The van der Waals surface area contributed by atoms with Crippen LogP contribution in [0.5, 0.6) is 0 Å². The first-order valence-electron chi connectivity index (χ1n) is 6.11. The van der Waals surface area contributed by atoms with Crippen molar-refractivity contribution in [3.05, 3.63) is 16.1 Å². The number of nitrogens with one attached hydrogen (secondary N) is 1. The van der Waals surface area contributed by atoms with Gasteiger partial charge >= 0.3 is 0 Å². The molecule has 2 rings (SSSR count). The molecule has 4 nitrogen and oxygen atoms in total. The summed E-state index contributed by atoms with van der Waals surface area (Å²) in [5.74, 6) is 0.0102. The van der Waals surface area contributed by atoms with Gasteiger partial charge in [0.05, 0.1) is 11.2 Å². The highest BCUT2D eigenvalue weighted by Crippen LogP contribution is 2.13. The van der Waals surface area contributed by atoms with Gasteiger partial charge in [0, 0.05) is 12.6 Å². The van der Waals surface area contributed by atoms with Crippen molar-refractivity contribution in [1.29, 1.82) is 0 Å². The Balaban J connectivity index is 1.82. The minimum Gasteiger partial charge on any atom is -0.350 e. The number of hydrogen-bond donors (Lipinski definition) is 1. The minimum absolute atomic E-state index is 0.0102. The van der Waals surface area contributed by atoms with Crippen molar-refractivity contribution in [3.63, 3.8) is 0 Å². The second kappa shape index (κ2) is 5.60. The lowest BCUT2D eigenvalue weighted by Gasteiger charge is -2.23. The van der Waals surface area contributed by atoms with Crippen molar-refractivity contribution in [2.45, 2.75) is 32.7 Å². The monoisotopic (exact) mass is 253 g/mol. The molecule has 5 heteroatoms. The zero-order valence-corrected chi connectivity index (χ0v) is 11.2. The predicted octanol–water partition coefficient (Wildman–Crippen LogP) is 1.67. The number of nitrogens with zero attached hydrogens (tertiary/aromatic N) is 2. The first kappa shape index (κ1) is 12.5. The average molecular weight is 253 g/mol. The number of carbonyl (C=O) groups is 1. The maximum atomic E-state index is 11.9. The van der Waals surface area contributed by atoms with E-state index in [9.17, 15) is 4.79 Å². The highest BCUT2D eigenvalue weighted by Gasteiger charge is 2.19. The number of carbonyl (C=O) groups excluding carboxylic acids is 1. The van der Waals surface area contributed by atoms with E-state index in [0.717, 1.165) is 30.2 Å². The van der Waals surface area contributed by atoms with E-state index in [4.69, 9.17) is 0 Å². The molecule has 0 aliphatic carbocycles. The zero-order chi connectivity index (χ0) is 12.3. The van der Waals surface area contributed by atoms with Crippen LogP contribution in [-0.4, -0.2) is 41.5 Å². The summed E-state index contributed by atoms with van der Waals surface area (Å²) in [5, 5.41) is 2.99. The molecular formula is C12H19N3OS. The molecule has 1 saturated heterocycles. The number of rotatable bonds is 4. The van der Waals surface area contributed by atoms with E-state index in [-0.39, 0.29) is 5.91 Å². The third kappa shape index (κ3) is 3.04. The van der Waals surface area contributed by atoms with Gasteiger partial charge in [-0.15, -0.1) is 11.3 Å². The minimum atomic E-state index is 0.0102. The van der Waals surface area contributed by atoms with E-state index in [1.165, 1.54) is 24.2 Å². The van der Waals surface area contributed by atoms with Crippen molar-refractivity contribution in [2.24, 2.45) is 0 Å². The van der Waals surface area contributed by atoms with Crippen LogP contribution in [0, 0.1) is 6.92 Å². The lowest BCUT2D eigenvalue weighted by molar-refractivity contribution is 0.0943. The summed E-state index contributed by atoms with van der Waals surface area (Å²) >= 11 is 1.40. The molecule has 2 heterocycles. The van der Waals surface area contributed by atoms with Gasteiger partial charge in [-0.2, -0.15) is 0 Å². The highest BCUT2D eigenvalue weighted by molar-refractivity contribution is 7.11. The van der Waals surface area contributed by atoms with E-state index in [0.29, 0.717) is 6.04 Å². The molecule has 0 aromatic carbocycles. The number of likely N-dealkylation sites (tertiary alicyclic amines) is 1. The van der Waals surface area contributed by atoms with Crippen molar-refractivity contribution in [1.82, 2.24) is 15.2 Å². The van der Waals surface area contributed by atoms with E-state index in [2.05, 4.69) is 22.1 Å². The third-order valence-electron chi connectivity index (χ3n) is 3.27. The summed E-state index contributed by atoms with van der Waals surface area (Å²) in [5.41, 5.74) is 2.54. The lowest BCUT2D eigenvalue weighted by Crippen LogP contribution is -2.40. The van der Waals surface area contributed by atoms with Gasteiger partial charge < -0.3 is 5.32 Å². The van der Waals surface area contributed by atoms with Crippen LogP contribution in [0.15, 0.2) is 5.51 Å². The van der Waals surface area contributed by atoms with Gasteiger partial charge in [0.15, 0.2) is 0 Å². The van der Waals surface area contributed by atoms with Crippen LogP contribution in [-0.2, 0) is 0 Å². The molecule has 0 spiro atoms. The standard InChI is InChI=1S/C12H19N3OS/c1-9(15-5-3-4-6-15)7-13-12(16)11-10(2)14-8-17-11/h8-9H,3-7H2,1-2H3,(H,13,16)/t9-/m1/s1. The Morgan fingerprint density at radius 1 is 1.59 bits per heavy atom. The molecule has 1 amide bonds. The van der Waals surface area contributed by atoms with Gasteiger partial charge in [-0.25, -0.2) is 4.98 Å². The summed E-state index contributed by atoms with van der Waals surface area (Å²) in [7, 11) is 0. The van der Waals surface area contributed by atoms with Gasteiger partial charge in [0.1, 0.15) is 4.88 Å². The fourth-order valence-corrected chi connectivity index (χ4v) is 2.87. The molecule has 1 N–H and O–H groups in total. The first-order valence-corrected chi connectivity index (χ1v) is 6.99. The quantitative estimate of drug-likeness (QED) is 0.887. The fourth-order valence-electron chi connectivity index (χ4n) is 2.15. The zero-order valence-electron chi connectivity index (χ0n) is 10.4. The Hall–Kier alpha value is -0.940. The van der Waals surface area contributed by atoms with Crippen molar-refractivity contribution >= 4 is 17.2 Å². The molecule has 17 heavy (non-hydrogen) atoms. The maximum absolute atomic E-state index is 11.9. The van der Waals surface area contributed by atoms with Crippen molar-refractivity contribution < 1.29 is 4.79 Å². The second-order valence-electron chi connectivity index (χ2n) is 4.57. The second-order valence-corrected chi connectivity index (χ2v) is 5.42. The maximum Gasteiger partial charge on any atom is 0.263 e. The Labute approximate surface area is 106 Å². The van der Waals surface area contributed by atoms with Gasteiger partial charge in [0.25, 0.3) is 5.91 Å².